The molecule has 0 saturated carbocycles. The van der Waals surface area contributed by atoms with Crippen LogP contribution >= 0.6 is 0 Å². The van der Waals surface area contributed by atoms with Crippen LogP contribution < -0.4 is 4.72 Å². The van der Waals surface area contributed by atoms with Crippen LogP contribution in [0.5, 0.6) is 0 Å². The second kappa shape index (κ2) is 6.56. The normalized spacial score (nSPS) is 11.5. The van der Waals surface area contributed by atoms with Crippen LogP contribution in [-0.4, -0.2) is 19.5 Å². The number of aromatic carboxylic acids is 1. The first kappa shape index (κ1) is 17.9. The number of rotatable bonds is 5. The molecule has 0 aliphatic carbocycles. The van der Waals surface area contributed by atoms with Gasteiger partial charge >= 0.3 is 5.97 Å². The summed E-state index contributed by atoms with van der Waals surface area (Å²) in [5.41, 5.74) is -0.0995. The molecule has 0 amide bonds. The number of nitrogens with one attached hydrogen (secondary N) is 1. The Morgan fingerprint density at radius 3 is 2.17 bits per heavy atom. The van der Waals surface area contributed by atoms with E-state index in [-0.39, 0.29) is 22.1 Å². The molecule has 0 heterocycles. The van der Waals surface area contributed by atoms with Crippen LogP contribution in [0.4, 0.5) is 14.5 Å². The molecule has 0 unspecified atom stereocenters. The summed E-state index contributed by atoms with van der Waals surface area (Å²) in [7, 11) is -4.23. The van der Waals surface area contributed by atoms with Gasteiger partial charge in [0, 0.05) is 6.07 Å². The summed E-state index contributed by atoms with van der Waals surface area (Å²) >= 11 is 0. The Balaban J connectivity index is 2.54. The van der Waals surface area contributed by atoms with E-state index in [1.54, 1.807) is 13.8 Å². The van der Waals surface area contributed by atoms with Gasteiger partial charge in [0.2, 0.25) is 0 Å². The molecule has 0 atom stereocenters. The van der Waals surface area contributed by atoms with Crippen molar-refractivity contribution in [3.8, 4) is 0 Å². The van der Waals surface area contributed by atoms with Crippen molar-refractivity contribution in [2.75, 3.05) is 4.72 Å². The average Bonchev–Trinajstić information content (AvgIpc) is 2.44. The highest BCUT2D eigenvalue weighted by molar-refractivity contribution is 7.92. The van der Waals surface area contributed by atoms with Gasteiger partial charge in [-0.2, -0.15) is 0 Å². The SMILES string of the molecule is CC(C)c1ccc(C(=O)O)cc1S(=O)(=O)Nc1cc(F)cc(F)c1. The van der Waals surface area contributed by atoms with Gasteiger partial charge in [-0.1, -0.05) is 19.9 Å². The van der Waals surface area contributed by atoms with Crippen molar-refractivity contribution >= 4 is 21.7 Å². The third kappa shape index (κ3) is 3.88. The van der Waals surface area contributed by atoms with Crippen molar-refractivity contribution in [2.45, 2.75) is 24.7 Å². The van der Waals surface area contributed by atoms with Crippen molar-refractivity contribution in [2.24, 2.45) is 0 Å². The molecule has 0 bridgehead atoms. The van der Waals surface area contributed by atoms with Gasteiger partial charge in [0.15, 0.2) is 0 Å². The lowest BCUT2D eigenvalue weighted by Gasteiger charge is -2.15. The van der Waals surface area contributed by atoms with Gasteiger partial charge in [0.1, 0.15) is 11.6 Å². The van der Waals surface area contributed by atoms with Crippen molar-refractivity contribution in [1.82, 2.24) is 0 Å². The largest absolute Gasteiger partial charge is 0.478 e. The molecular formula is C16H15F2NO4S. The number of carboxylic acids is 1. The molecule has 128 valence electrons. The maximum Gasteiger partial charge on any atom is 0.335 e. The summed E-state index contributed by atoms with van der Waals surface area (Å²) in [5, 5.41) is 9.05. The first-order chi connectivity index (χ1) is 11.1. The summed E-state index contributed by atoms with van der Waals surface area (Å²) in [4.78, 5) is 10.8. The first-order valence-electron chi connectivity index (χ1n) is 6.96. The number of anilines is 1. The zero-order chi connectivity index (χ0) is 18.1. The molecule has 0 aliphatic heterocycles. The fourth-order valence-corrected chi connectivity index (χ4v) is 3.63. The quantitative estimate of drug-likeness (QED) is 0.859. The van der Waals surface area contributed by atoms with Crippen LogP contribution in [0.3, 0.4) is 0 Å². The Labute approximate surface area is 138 Å². The number of carboxylic acid groups (broad SMARTS) is 1. The molecule has 0 saturated heterocycles. The molecule has 0 aliphatic rings. The number of hydrogen-bond donors (Lipinski definition) is 2. The zero-order valence-corrected chi connectivity index (χ0v) is 13.7. The third-order valence-corrected chi connectivity index (χ3v) is 4.72. The number of hydrogen-bond acceptors (Lipinski definition) is 3. The molecule has 2 rings (SSSR count). The van der Waals surface area contributed by atoms with E-state index in [1.807, 2.05) is 0 Å². The standard InChI is InChI=1S/C16H15F2NO4S/c1-9(2)14-4-3-10(16(20)21)5-15(14)24(22,23)19-13-7-11(17)6-12(18)8-13/h3-9,19H,1-2H3,(H,20,21). The number of halogens is 2. The number of carbonyl (C=O) groups is 1. The Morgan fingerprint density at radius 1 is 1.08 bits per heavy atom. The van der Waals surface area contributed by atoms with Crippen LogP contribution in [0.25, 0.3) is 0 Å². The Kier molecular flexibility index (Phi) is 4.88. The van der Waals surface area contributed by atoms with Gasteiger partial charge in [0.25, 0.3) is 10.0 Å². The second-order valence-electron chi connectivity index (χ2n) is 5.48. The van der Waals surface area contributed by atoms with Crippen LogP contribution in [-0.2, 0) is 10.0 Å². The monoisotopic (exact) mass is 355 g/mol. The van der Waals surface area contributed by atoms with Gasteiger partial charge in [-0.3, -0.25) is 4.72 Å². The van der Waals surface area contributed by atoms with Crippen LogP contribution in [0.15, 0.2) is 41.3 Å². The molecule has 0 fully saturated rings. The van der Waals surface area contributed by atoms with Crippen LogP contribution in [0, 0.1) is 11.6 Å². The van der Waals surface area contributed by atoms with Crippen molar-refractivity contribution < 1.29 is 27.1 Å². The molecule has 8 heteroatoms. The maximum atomic E-state index is 13.2. The van der Waals surface area contributed by atoms with E-state index in [4.69, 9.17) is 5.11 Å². The van der Waals surface area contributed by atoms with Gasteiger partial charge in [0.05, 0.1) is 16.1 Å². The fraction of sp³-hybridized carbons (Fsp3) is 0.188. The van der Waals surface area contributed by atoms with E-state index < -0.39 is 27.6 Å². The smallest absolute Gasteiger partial charge is 0.335 e. The van der Waals surface area contributed by atoms with E-state index in [1.165, 1.54) is 12.1 Å². The summed E-state index contributed by atoms with van der Waals surface area (Å²) in [6.45, 7) is 3.49. The number of sulfonamides is 1. The molecular weight excluding hydrogens is 340 g/mol. The highest BCUT2D eigenvalue weighted by Crippen LogP contribution is 2.27. The lowest BCUT2D eigenvalue weighted by molar-refractivity contribution is 0.0696. The van der Waals surface area contributed by atoms with Gasteiger partial charge < -0.3 is 5.11 Å². The van der Waals surface area contributed by atoms with Gasteiger partial charge in [-0.15, -0.1) is 0 Å². The maximum absolute atomic E-state index is 13.2. The van der Waals surface area contributed by atoms with Gasteiger partial charge in [-0.05, 0) is 35.7 Å². The second-order valence-corrected chi connectivity index (χ2v) is 7.13. The Morgan fingerprint density at radius 2 is 1.67 bits per heavy atom. The minimum absolute atomic E-state index is 0.204. The van der Waals surface area contributed by atoms with Crippen molar-refractivity contribution in [1.29, 1.82) is 0 Å². The lowest BCUT2D eigenvalue weighted by atomic mass is 10.0. The summed E-state index contributed by atoms with van der Waals surface area (Å²) in [6.07, 6.45) is 0. The van der Waals surface area contributed by atoms with E-state index >= 15 is 0 Å². The number of benzene rings is 2. The topological polar surface area (TPSA) is 83.5 Å². The van der Waals surface area contributed by atoms with Crippen LogP contribution in [0.1, 0.15) is 35.7 Å². The highest BCUT2D eigenvalue weighted by Gasteiger charge is 2.22. The zero-order valence-electron chi connectivity index (χ0n) is 12.9. The van der Waals surface area contributed by atoms with E-state index in [9.17, 15) is 22.0 Å². The summed E-state index contributed by atoms with van der Waals surface area (Å²) in [5.74, 6) is -3.35. The fourth-order valence-electron chi connectivity index (χ4n) is 2.20. The molecule has 0 spiro atoms. The molecule has 2 aromatic carbocycles. The summed E-state index contributed by atoms with van der Waals surface area (Å²) < 4.78 is 53.7. The van der Waals surface area contributed by atoms with Gasteiger partial charge in [-0.25, -0.2) is 22.0 Å². The molecule has 0 aromatic heterocycles. The minimum Gasteiger partial charge on any atom is -0.478 e. The summed E-state index contributed by atoms with van der Waals surface area (Å²) in [6, 6.07) is 6.01. The van der Waals surface area contributed by atoms with E-state index in [2.05, 4.69) is 4.72 Å². The molecule has 5 nitrogen and oxygen atoms in total. The average molecular weight is 355 g/mol. The predicted octanol–water partition coefficient (Wildman–Crippen LogP) is 3.59. The first-order valence-corrected chi connectivity index (χ1v) is 8.44. The Hall–Kier alpha value is -2.48. The Bertz CT molecular complexity index is 875. The molecule has 2 aromatic rings. The highest BCUT2D eigenvalue weighted by atomic mass is 32.2. The van der Waals surface area contributed by atoms with E-state index in [0.717, 1.165) is 18.2 Å². The predicted molar refractivity (Wildman–Crippen MR) is 84.7 cm³/mol. The molecule has 24 heavy (non-hydrogen) atoms. The molecule has 0 radical (unpaired) electrons. The molecule has 2 N–H and O–H groups in total. The van der Waals surface area contributed by atoms with Crippen LogP contribution in [0.2, 0.25) is 0 Å². The van der Waals surface area contributed by atoms with E-state index in [0.29, 0.717) is 11.6 Å². The lowest BCUT2D eigenvalue weighted by Crippen LogP contribution is -2.17. The van der Waals surface area contributed by atoms with Crippen molar-refractivity contribution in [3.63, 3.8) is 0 Å². The van der Waals surface area contributed by atoms with Crippen molar-refractivity contribution in [3.05, 3.63) is 59.2 Å². The minimum atomic E-state index is -4.23. The third-order valence-electron chi connectivity index (χ3n) is 3.29.